The largest absolute Gasteiger partial charge is 0.355 e. The number of nitrogens with zero attached hydrogens (tertiary/aromatic N) is 1. The Balaban J connectivity index is 0.00000242. The lowest BCUT2D eigenvalue weighted by Gasteiger charge is -2.12. The zero-order valence-corrected chi connectivity index (χ0v) is 15.7. The molecule has 2 N–H and O–H groups in total. The Morgan fingerprint density at radius 1 is 1.41 bits per heavy atom. The van der Waals surface area contributed by atoms with Crippen LogP contribution in [-0.4, -0.2) is 39.8 Å². The molecule has 1 saturated carbocycles. The summed E-state index contributed by atoms with van der Waals surface area (Å²) in [5.41, 5.74) is 0. The number of halogens is 2. The van der Waals surface area contributed by atoms with E-state index in [0.29, 0.717) is 17.9 Å². The number of hydrogen-bond acceptors (Lipinski definition) is 3. The molecule has 0 aliphatic heterocycles. The Morgan fingerprint density at radius 2 is 2.05 bits per heavy atom. The molecule has 124 valence electrons. The Labute approximate surface area is 147 Å². The van der Waals surface area contributed by atoms with Gasteiger partial charge in [0, 0.05) is 19.6 Å². The first-order valence-corrected chi connectivity index (χ1v) is 8.53. The van der Waals surface area contributed by atoms with Crippen molar-refractivity contribution in [1.29, 1.82) is 0 Å². The van der Waals surface area contributed by atoms with Crippen molar-refractivity contribution in [2.45, 2.75) is 24.3 Å². The number of nitrogens with one attached hydrogen (secondary N) is 2. The van der Waals surface area contributed by atoms with Gasteiger partial charge in [-0.3, -0.25) is 4.99 Å². The Bertz CT molecular complexity index is 637. The number of sulfone groups is 1. The standard InChI is InChI=1S/C14H20FN3O2S.HI/c1-10-9-12(10)18-14(16-2)17-7-8-21(19,20)13-6-4-3-5-11(13)15;/h3-6,10,12H,7-9H2,1-2H3,(H2,16,17,18);1H. The Morgan fingerprint density at radius 3 is 2.59 bits per heavy atom. The van der Waals surface area contributed by atoms with Crippen molar-refractivity contribution in [3.05, 3.63) is 30.1 Å². The highest BCUT2D eigenvalue weighted by molar-refractivity contribution is 14.0. The van der Waals surface area contributed by atoms with Gasteiger partial charge in [-0.2, -0.15) is 0 Å². The molecule has 0 bridgehead atoms. The van der Waals surface area contributed by atoms with Gasteiger partial charge in [0.05, 0.1) is 5.75 Å². The summed E-state index contributed by atoms with van der Waals surface area (Å²) in [5, 5.41) is 6.14. The molecule has 22 heavy (non-hydrogen) atoms. The summed E-state index contributed by atoms with van der Waals surface area (Å²) in [6.07, 6.45) is 1.09. The van der Waals surface area contributed by atoms with E-state index >= 15 is 0 Å². The summed E-state index contributed by atoms with van der Waals surface area (Å²) in [7, 11) is -2.01. The highest BCUT2D eigenvalue weighted by Gasteiger charge is 2.33. The SMILES string of the molecule is CN=C(NCCS(=O)(=O)c1ccccc1F)NC1CC1C.I. The number of guanidine groups is 1. The van der Waals surface area contributed by atoms with Crippen LogP contribution in [0.3, 0.4) is 0 Å². The Hall–Kier alpha value is -0.900. The zero-order valence-electron chi connectivity index (χ0n) is 12.5. The molecule has 8 heteroatoms. The van der Waals surface area contributed by atoms with Crippen LogP contribution in [-0.2, 0) is 9.84 Å². The number of benzene rings is 1. The van der Waals surface area contributed by atoms with E-state index in [1.165, 1.54) is 18.2 Å². The van der Waals surface area contributed by atoms with Crippen molar-refractivity contribution in [2.24, 2.45) is 10.9 Å². The van der Waals surface area contributed by atoms with Gasteiger partial charge in [-0.15, -0.1) is 24.0 Å². The van der Waals surface area contributed by atoms with Gasteiger partial charge in [0.1, 0.15) is 10.7 Å². The van der Waals surface area contributed by atoms with Crippen LogP contribution >= 0.6 is 24.0 Å². The third kappa shape index (κ3) is 5.08. The van der Waals surface area contributed by atoms with Gasteiger partial charge in [0.2, 0.25) is 0 Å². The monoisotopic (exact) mass is 441 g/mol. The first-order chi connectivity index (χ1) is 9.94. The summed E-state index contributed by atoms with van der Waals surface area (Å²) < 4.78 is 37.7. The highest BCUT2D eigenvalue weighted by Crippen LogP contribution is 2.28. The maximum Gasteiger partial charge on any atom is 0.191 e. The molecule has 5 nitrogen and oxygen atoms in total. The second kappa shape index (κ2) is 8.09. The number of hydrogen-bond donors (Lipinski definition) is 2. The second-order valence-corrected chi connectivity index (χ2v) is 7.29. The fourth-order valence-electron chi connectivity index (χ4n) is 2.00. The maximum absolute atomic E-state index is 13.5. The van der Waals surface area contributed by atoms with Crippen molar-refractivity contribution in [2.75, 3.05) is 19.3 Å². The first-order valence-electron chi connectivity index (χ1n) is 6.88. The predicted octanol–water partition coefficient (Wildman–Crippen LogP) is 1.79. The minimum atomic E-state index is -3.64. The molecular formula is C14H21FIN3O2S. The molecule has 1 aliphatic rings. The van der Waals surface area contributed by atoms with Crippen LogP contribution in [0.5, 0.6) is 0 Å². The lowest BCUT2D eigenvalue weighted by molar-refractivity contribution is 0.566. The smallest absolute Gasteiger partial charge is 0.191 e. The minimum Gasteiger partial charge on any atom is -0.355 e. The van der Waals surface area contributed by atoms with Crippen molar-refractivity contribution in [3.8, 4) is 0 Å². The van der Waals surface area contributed by atoms with Gasteiger partial charge in [-0.25, -0.2) is 12.8 Å². The van der Waals surface area contributed by atoms with E-state index in [4.69, 9.17) is 0 Å². The highest BCUT2D eigenvalue weighted by atomic mass is 127. The van der Waals surface area contributed by atoms with E-state index in [9.17, 15) is 12.8 Å². The van der Waals surface area contributed by atoms with Crippen molar-refractivity contribution < 1.29 is 12.8 Å². The predicted molar refractivity (Wildman–Crippen MR) is 95.9 cm³/mol. The molecular weight excluding hydrogens is 420 g/mol. The van der Waals surface area contributed by atoms with Crippen LogP contribution in [0.2, 0.25) is 0 Å². The summed E-state index contributed by atoms with van der Waals surface area (Å²) in [4.78, 5) is 3.78. The van der Waals surface area contributed by atoms with Crippen LogP contribution in [0.4, 0.5) is 4.39 Å². The molecule has 0 radical (unpaired) electrons. The molecule has 0 spiro atoms. The maximum atomic E-state index is 13.5. The van der Waals surface area contributed by atoms with Crippen LogP contribution < -0.4 is 10.6 Å². The molecule has 0 saturated heterocycles. The first kappa shape index (κ1) is 19.1. The topological polar surface area (TPSA) is 70.6 Å². The normalized spacial score (nSPS) is 21.0. The number of aliphatic imine (C=N–C) groups is 1. The molecule has 0 aromatic heterocycles. The van der Waals surface area contributed by atoms with Gasteiger partial charge < -0.3 is 10.6 Å². The fraction of sp³-hybridized carbons (Fsp3) is 0.500. The summed E-state index contributed by atoms with van der Waals surface area (Å²) in [6, 6.07) is 5.81. The second-order valence-electron chi connectivity index (χ2n) is 5.21. The van der Waals surface area contributed by atoms with E-state index in [1.807, 2.05) is 0 Å². The zero-order chi connectivity index (χ0) is 15.5. The minimum absolute atomic E-state index is 0. The van der Waals surface area contributed by atoms with Gasteiger partial charge in [0.15, 0.2) is 15.8 Å². The molecule has 2 atom stereocenters. The Kier molecular flexibility index (Phi) is 7.04. The average Bonchev–Trinajstić information content (AvgIpc) is 3.13. The van der Waals surface area contributed by atoms with Crippen LogP contribution in [0.15, 0.2) is 34.2 Å². The lowest BCUT2D eigenvalue weighted by atomic mass is 10.3. The summed E-state index contributed by atoms with van der Waals surface area (Å²) >= 11 is 0. The molecule has 0 heterocycles. The summed E-state index contributed by atoms with van der Waals surface area (Å²) in [5.74, 6) is 0.292. The fourth-order valence-corrected chi connectivity index (χ4v) is 3.25. The molecule has 2 rings (SSSR count). The third-order valence-corrected chi connectivity index (χ3v) is 5.23. The van der Waals surface area contributed by atoms with Crippen molar-refractivity contribution in [1.82, 2.24) is 10.6 Å². The van der Waals surface area contributed by atoms with Crippen molar-refractivity contribution in [3.63, 3.8) is 0 Å². The van der Waals surface area contributed by atoms with E-state index in [0.717, 1.165) is 12.5 Å². The molecule has 1 aromatic carbocycles. The van der Waals surface area contributed by atoms with E-state index in [1.54, 1.807) is 7.05 Å². The quantitative estimate of drug-likeness (QED) is 0.416. The van der Waals surface area contributed by atoms with Gasteiger partial charge in [-0.05, 0) is 24.5 Å². The lowest BCUT2D eigenvalue weighted by Crippen LogP contribution is -2.41. The van der Waals surface area contributed by atoms with Crippen LogP contribution in [0, 0.1) is 11.7 Å². The van der Waals surface area contributed by atoms with E-state index in [2.05, 4.69) is 22.5 Å². The molecule has 1 fully saturated rings. The molecule has 0 amide bonds. The molecule has 1 aliphatic carbocycles. The third-order valence-electron chi connectivity index (χ3n) is 3.49. The van der Waals surface area contributed by atoms with Crippen molar-refractivity contribution >= 4 is 39.8 Å². The van der Waals surface area contributed by atoms with Gasteiger partial charge in [0.25, 0.3) is 0 Å². The summed E-state index contributed by atoms with van der Waals surface area (Å²) in [6.45, 7) is 2.31. The molecule has 2 unspecified atom stereocenters. The van der Waals surface area contributed by atoms with Gasteiger partial charge in [-0.1, -0.05) is 19.1 Å². The number of rotatable bonds is 5. The van der Waals surface area contributed by atoms with E-state index in [-0.39, 0.29) is 41.2 Å². The van der Waals surface area contributed by atoms with Crippen LogP contribution in [0.25, 0.3) is 0 Å². The van der Waals surface area contributed by atoms with E-state index < -0.39 is 15.7 Å². The molecule has 1 aromatic rings. The van der Waals surface area contributed by atoms with Crippen LogP contribution in [0.1, 0.15) is 13.3 Å². The van der Waals surface area contributed by atoms with Gasteiger partial charge >= 0.3 is 0 Å². The average molecular weight is 441 g/mol.